The van der Waals surface area contributed by atoms with E-state index in [1.54, 1.807) is 0 Å². The summed E-state index contributed by atoms with van der Waals surface area (Å²) in [6, 6.07) is 0. The number of nitrogens with two attached hydrogens (primary N) is 2. The van der Waals surface area contributed by atoms with Crippen molar-refractivity contribution >= 4 is 11.8 Å². The number of rotatable bonds is 5. The lowest BCUT2D eigenvalue weighted by Gasteiger charge is -2.34. The molecular formula is C6H6F8N4O2. The number of hydrazine groups is 2. The molecule has 6 N–H and O–H groups in total. The molecule has 0 aromatic carbocycles. The highest BCUT2D eigenvalue weighted by Crippen LogP contribution is 2.52. The van der Waals surface area contributed by atoms with Crippen molar-refractivity contribution in [2.45, 2.75) is 23.7 Å². The van der Waals surface area contributed by atoms with Gasteiger partial charge in [-0.1, -0.05) is 0 Å². The molecule has 0 fully saturated rings. The quantitative estimate of drug-likeness (QED) is 0.237. The van der Waals surface area contributed by atoms with Crippen molar-refractivity contribution in [2.24, 2.45) is 11.7 Å². The zero-order chi connectivity index (χ0) is 16.6. The van der Waals surface area contributed by atoms with Crippen molar-refractivity contribution in [3.8, 4) is 0 Å². The van der Waals surface area contributed by atoms with Crippen molar-refractivity contribution in [1.29, 1.82) is 0 Å². The fraction of sp³-hybridized carbons (Fsp3) is 0.667. The molecule has 0 saturated carbocycles. The standard InChI is InChI=1S/C6H6F8N4O2/c7-3(8,1(19)17-15)5(11,12)6(13,14)4(9,10)2(20)18-16/h15-16H2,(H,17,19)(H,18,20). The number of hydrogen-bond donors (Lipinski definition) is 4. The van der Waals surface area contributed by atoms with E-state index < -0.39 is 35.5 Å². The first kappa shape index (κ1) is 18.3. The zero-order valence-corrected chi connectivity index (χ0v) is 8.99. The predicted octanol–water partition coefficient (Wildman–Crippen LogP) is -0.493. The second-order valence-electron chi connectivity index (χ2n) is 3.24. The zero-order valence-electron chi connectivity index (χ0n) is 8.99. The first-order valence-corrected chi connectivity index (χ1v) is 4.25. The van der Waals surface area contributed by atoms with Gasteiger partial charge >= 0.3 is 35.5 Å². The lowest BCUT2D eigenvalue weighted by Crippen LogP contribution is -2.69. The highest BCUT2D eigenvalue weighted by atomic mass is 19.4. The van der Waals surface area contributed by atoms with Crippen LogP contribution in [0.4, 0.5) is 35.1 Å². The second kappa shape index (κ2) is 5.01. The van der Waals surface area contributed by atoms with Crippen LogP contribution < -0.4 is 22.5 Å². The van der Waals surface area contributed by atoms with Gasteiger partial charge in [-0.25, -0.2) is 11.7 Å². The van der Waals surface area contributed by atoms with Crippen molar-refractivity contribution in [1.82, 2.24) is 10.9 Å². The van der Waals surface area contributed by atoms with Crippen LogP contribution in [0.25, 0.3) is 0 Å². The van der Waals surface area contributed by atoms with E-state index in [-0.39, 0.29) is 0 Å². The van der Waals surface area contributed by atoms with E-state index in [9.17, 15) is 44.7 Å². The molecule has 14 heteroatoms. The van der Waals surface area contributed by atoms with Crippen LogP contribution in [0.3, 0.4) is 0 Å². The molecule has 118 valence electrons. The van der Waals surface area contributed by atoms with Crippen LogP contribution in [0.1, 0.15) is 0 Å². The number of carbonyl (C=O) groups is 2. The first-order valence-electron chi connectivity index (χ1n) is 4.25. The van der Waals surface area contributed by atoms with E-state index in [2.05, 4.69) is 11.7 Å². The van der Waals surface area contributed by atoms with E-state index in [0.29, 0.717) is 10.9 Å². The Morgan fingerprint density at radius 1 is 0.650 bits per heavy atom. The van der Waals surface area contributed by atoms with E-state index in [0.717, 1.165) is 0 Å². The minimum absolute atomic E-state index is 0.406. The molecule has 20 heavy (non-hydrogen) atoms. The predicted molar refractivity (Wildman–Crippen MR) is 44.4 cm³/mol. The van der Waals surface area contributed by atoms with Gasteiger partial charge in [-0.05, 0) is 0 Å². The largest absolute Gasteiger partial charge is 0.394 e. The summed E-state index contributed by atoms with van der Waals surface area (Å²) in [6.07, 6.45) is 0. The minimum atomic E-state index is -6.94. The topological polar surface area (TPSA) is 110 Å². The summed E-state index contributed by atoms with van der Waals surface area (Å²) in [5, 5.41) is 0. The molecule has 0 aliphatic rings. The third-order valence-electron chi connectivity index (χ3n) is 2.02. The van der Waals surface area contributed by atoms with Crippen LogP contribution in [0.5, 0.6) is 0 Å². The average Bonchev–Trinajstić information content (AvgIpc) is 2.35. The molecular weight excluding hydrogens is 312 g/mol. The van der Waals surface area contributed by atoms with E-state index in [4.69, 9.17) is 0 Å². The summed E-state index contributed by atoms with van der Waals surface area (Å²) < 4.78 is 103. The highest BCUT2D eigenvalue weighted by Gasteiger charge is 2.84. The van der Waals surface area contributed by atoms with Gasteiger partial charge in [-0.2, -0.15) is 35.1 Å². The number of halogens is 8. The summed E-state index contributed by atoms with van der Waals surface area (Å²) >= 11 is 0. The Labute approximate surface area is 104 Å². The fourth-order valence-electron chi connectivity index (χ4n) is 0.861. The van der Waals surface area contributed by atoms with Crippen LogP contribution in [0.15, 0.2) is 0 Å². The van der Waals surface area contributed by atoms with E-state index >= 15 is 0 Å². The van der Waals surface area contributed by atoms with Crippen LogP contribution in [-0.2, 0) is 9.59 Å². The van der Waals surface area contributed by atoms with Gasteiger partial charge < -0.3 is 0 Å². The lowest BCUT2D eigenvalue weighted by atomic mass is 9.97. The SMILES string of the molecule is NNC(=O)C(F)(F)C(F)(F)C(F)(F)C(F)(F)C(=O)NN. The van der Waals surface area contributed by atoms with Gasteiger partial charge in [0.05, 0.1) is 0 Å². The van der Waals surface area contributed by atoms with Gasteiger partial charge in [0, 0.05) is 0 Å². The molecule has 0 heterocycles. The van der Waals surface area contributed by atoms with Gasteiger partial charge in [-0.3, -0.25) is 20.4 Å². The molecule has 0 unspecified atom stereocenters. The summed E-state index contributed by atoms with van der Waals surface area (Å²) in [5.41, 5.74) is 0.811. The Bertz CT molecular complexity index is 374. The minimum Gasteiger partial charge on any atom is -0.289 e. The Balaban J connectivity index is 5.92. The lowest BCUT2D eigenvalue weighted by molar-refractivity contribution is -0.347. The molecule has 0 spiro atoms. The number of alkyl halides is 8. The number of hydrogen-bond acceptors (Lipinski definition) is 4. The normalized spacial score (nSPS) is 13.9. The molecule has 0 aromatic heterocycles. The smallest absolute Gasteiger partial charge is 0.289 e. The number of carbonyl (C=O) groups excluding carboxylic acids is 2. The molecule has 0 rings (SSSR count). The Hall–Kier alpha value is -1.70. The van der Waals surface area contributed by atoms with Crippen molar-refractivity contribution in [2.75, 3.05) is 0 Å². The molecule has 0 bridgehead atoms. The second-order valence-corrected chi connectivity index (χ2v) is 3.24. The molecule has 0 aromatic rings. The van der Waals surface area contributed by atoms with Crippen molar-refractivity contribution in [3.63, 3.8) is 0 Å². The van der Waals surface area contributed by atoms with Gasteiger partial charge in [0.15, 0.2) is 0 Å². The average molecular weight is 318 g/mol. The van der Waals surface area contributed by atoms with E-state index in [1.807, 2.05) is 0 Å². The van der Waals surface area contributed by atoms with Crippen LogP contribution in [-0.4, -0.2) is 35.5 Å². The summed E-state index contributed by atoms with van der Waals surface area (Å²) in [5.74, 6) is -24.8. The third-order valence-corrected chi connectivity index (χ3v) is 2.02. The summed E-state index contributed by atoms with van der Waals surface area (Å²) in [4.78, 5) is 20.6. The molecule has 2 amide bonds. The maximum absolute atomic E-state index is 12.9. The third kappa shape index (κ3) is 2.24. The van der Waals surface area contributed by atoms with Gasteiger partial charge in [-0.15, -0.1) is 0 Å². The van der Waals surface area contributed by atoms with E-state index in [1.165, 1.54) is 0 Å². The van der Waals surface area contributed by atoms with Crippen LogP contribution in [0, 0.1) is 0 Å². The molecule has 0 radical (unpaired) electrons. The maximum atomic E-state index is 12.9. The highest BCUT2D eigenvalue weighted by molar-refractivity contribution is 5.86. The molecule has 6 nitrogen and oxygen atoms in total. The fourth-order valence-corrected chi connectivity index (χ4v) is 0.861. The maximum Gasteiger partial charge on any atom is 0.394 e. The molecule has 0 aliphatic heterocycles. The van der Waals surface area contributed by atoms with Gasteiger partial charge in [0.25, 0.3) is 0 Å². The number of nitrogens with one attached hydrogen (secondary N) is 2. The Morgan fingerprint density at radius 3 is 1.00 bits per heavy atom. The van der Waals surface area contributed by atoms with Crippen LogP contribution in [0.2, 0.25) is 0 Å². The van der Waals surface area contributed by atoms with Gasteiger partial charge in [0.2, 0.25) is 0 Å². The first-order chi connectivity index (χ1) is 8.71. The van der Waals surface area contributed by atoms with Crippen molar-refractivity contribution in [3.05, 3.63) is 0 Å². The number of amides is 2. The summed E-state index contributed by atoms with van der Waals surface area (Å²) in [6.45, 7) is 0. The van der Waals surface area contributed by atoms with Crippen LogP contribution >= 0.6 is 0 Å². The monoisotopic (exact) mass is 318 g/mol. The Kier molecular flexibility index (Phi) is 4.58. The Morgan fingerprint density at radius 2 is 0.850 bits per heavy atom. The summed E-state index contributed by atoms with van der Waals surface area (Å²) in [7, 11) is 0. The molecule has 0 aliphatic carbocycles. The molecule has 0 saturated heterocycles. The molecule has 0 atom stereocenters. The van der Waals surface area contributed by atoms with Gasteiger partial charge in [0.1, 0.15) is 0 Å². The van der Waals surface area contributed by atoms with Crippen molar-refractivity contribution < 1.29 is 44.7 Å².